The van der Waals surface area contributed by atoms with Crippen molar-refractivity contribution >= 4 is 35.3 Å². The smallest absolute Gasteiger partial charge is 0.262 e. The molecule has 3 aromatic rings. The van der Waals surface area contributed by atoms with E-state index in [2.05, 4.69) is 48.7 Å². The third-order valence-corrected chi connectivity index (χ3v) is 7.20. The van der Waals surface area contributed by atoms with Gasteiger partial charge < -0.3 is 15.5 Å². The molecule has 5 nitrogen and oxygen atoms in total. The minimum absolute atomic E-state index is 0.0722. The molecule has 3 aromatic carbocycles. The summed E-state index contributed by atoms with van der Waals surface area (Å²) >= 11 is 1.46. The molecular weight excluding hydrogens is 454 g/mol. The maximum atomic E-state index is 12.6. The van der Waals surface area contributed by atoms with Gasteiger partial charge in [0.2, 0.25) is 0 Å². The van der Waals surface area contributed by atoms with Crippen LogP contribution in [0.1, 0.15) is 41.8 Å². The van der Waals surface area contributed by atoms with E-state index in [0.29, 0.717) is 23.1 Å². The van der Waals surface area contributed by atoms with Crippen molar-refractivity contribution < 1.29 is 14.5 Å². The van der Waals surface area contributed by atoms with E-state index in [-0.39, 0.29) is 11.8 Å². The molecule has 1 aliphatic heterocycles. The second-order valence-electron chi connectivity index (χ2n) is 9.02. The number of anilines is 1. The molecule has 1 atom stereocenters. The molecule has 35 heavy (non-hydrogen) atoms. The second kappa shape index (κ2) is 11.9. The number of amides is 2. The van der Waals surface area contributed by atoms with Gasteiger partial charge >= 0.3 is 0 Å². The monoisotopic (exact) mass is 486 g/mol. The predicted molar refractivity (Wildman–Crippen MR) is 143 cm³/mol. The summed E-state index contributed by atoms with van der Waals surface area (Å²) in [6.45, 7) is 7.11. The van der Waals surface area contributed by atoms with Crippen LogP contribution in [0.3, 0.4) is 0 Å². The van der Waals surface area contributed by atoms with Gasteiger partial charge in [0.05, 0.1) is 23.2 Å². The van der Waals surface area contributed by atoms with Gasteiger partial charge in [0.1, 0.15) is 6.54 Å². The number of fused-ring (bicyclic) bond motifs is 1. The van der Waals surface area contributed by atoms with Crippen molar-refractivity contribution in [1.29, 1.82) is 0 Å². The van der Waals surface area contributed by atoms with Crippen molar-refractivity contribution in [2.45, 2.75) is 37.8 Å². The standard InChI is InChI=1S/C29H31N3O2S/c1-21(2)32(20-23-9-4-3-5-10-23)18-8-17-30-28(33)24-15-13-22(14-16-24)19-27-29(34)31-25-11-6-7-12-26(25)35-27/h3-7,9-16,19,21H,8,17-18,20H2,1-2H3,(H,30,33)(H,31,34)/p+1. The summed E-state index contributed by atoms with van der Waals surface area (Å²) in [6, 6.07) is 26.2. The number of thioether (sulfide) groups is 1. The zero-order valence-corrected chi connectivity index (χ0v) is 21.0. The summed E-state index contributed by atoms with van der Waals surface area (Å²) in [4.78, 5) is 28.2. The SMILES string of the molecule is CC(C)[NH+](CCCNC(=O)c1ccc(C=C2Sc3ccccc3NC2=O)cc1)Cc1ccccc1. The van der Waals surface area contributed by atoms with Crippen LogP contribution in [0, 0.1) is 0 Å². The molecule has 2 amide bonds. The van der Waals surface area contributed by atoms with E-state index < -0.39 is 0 Å². The van der Waals surface area contributed by atoms with E-state index >= 15 is 0 Å². The molecule has 0 saturated carbocycles. The molecule has 1 heterocycles. The average molecular weight is 487 g/mol. The summed E-state index contributed by atoms with van der Waals surface area (Å²) in [5.41, 5.74) is 3.68. The maximum Gasteiger partial charge on any atom is 0.262 e. The van der Waals surface area contributed by atoms with Crippen LogP contribution in [0.5, 0.6) is 0 Å². The molecule has 3 N–H and O–H groups in total. The largest absolute Gasteiger partial charge is 0.352 e. The fourth-order valence-corrected chi connectivity index (χ4v) is 4.99. The van der Waals surface area contributed by atoms with Crippen molar-refractivity contribution in [2.24, 2.45) is 0 Å². The first kappa shape index (κ1) is 24.8. The highest BCUT2D eigenvalue weighted by Gasteiger charge is 2.20. The fourth-order valence-electron chi connectivity index (χ4n) is 4.04. The molecule has 0 spiro atoms. The van der Waals surface area contributed by atoms with E-state index in [4.69, 9.17) is 0 Å². The number of nitrogens with one attached hydrogen (secondary N) is 3. The van der Waals surface area contributed by atoms with Crippen molar-refractivity contribution in [3.63, 3.8) is 0 Å². The van der Waals surface area contributed by atoms with E-state index in [1.807, 2.05) is 60.7 Å². The topological polar surface area (TPSA) is 62.6 Å². The molecule has 0 aromatic heterocycles. The molecule has 0 bridgehead atoms. The molecule has 0 saturated heterocycles. The van der Waals surface area contributed by atoms with Crippen LogP contribution in [-0.2, 0) is 11.3 Å². The summed E-state index contributed by atoms with van der Waals surface area (Å²) in [5.74, 6) is -0.183. The van der Waals surface area contributed by atoms with Crippen LogP contribution in [0.15, 0.2) is 88.7 Å². The number of benzene rings is 3. The normalized spacial score (nSPS) is 14.9. The molecular formula is C29H32N3O2S+. The Hall–Kier alpha value is -3.35. The lowest BCUT2D eigenvalue weighted by atomic mass is 10.1. The summed E-state index contributed by atoms with van der Waals surface area (Å²) in [6.07, 6.45) is 2.78. The number of quaternary nitrogens is 1. The third kappa shape index (κ3) is 6.84. The molecule has 180 valence electrons. The highest BCUT2D eigenvalue weighted by Crippen LogP contribution is 2.38. The lowest BCUT2D eigenvalue weighted by Gasteiger charge is -2.23. The van der Waals surface area contributed by atoms with Crippen LogP contribution < -0.4 is 15.5 Å². The number of carbonyl (C=O) groups is 2. The first-order chi connectivity index (χ1) is 17.0. The lowest BCUT2D eigenvalue weighted by molar-refractivity contribution is -0.935. The average Bonchev–Trinajstić information content (AvgIpc) is 2.87. The highest BCUT2D eigenvalue weighted by atomic mass is 32.2. The highest BCUT2D eigenvalue weighted by molar-refractivity contribution is 8.04. The first-order valence-corrected chi connectivity index (χ1v) is 12.9. The molecule has 1 aliphatic rings. The summed E-state index contributed by atoms with van der Waals surface area (Å²) < 4.78 is 0. The second-order valence-corrected chi connectivity index (χ2v) is 10.1. The first-order valence-electron chi connectivity index (χ1n) is 12.1. The van der Waals surface area contributed by atoms with Crippen molar-refractivity contribution in [2.75, 3.05) is 18.4 Å². The van der Waals surface area contributed by atoms with Crippen LogP contribution in [0.2, 0.25) is 0 Å². The molecule has 6 heteroatoms. The van der Waals surface area contributed by atoms with E-state index in [9.17, 15) is 9.59 Å². The number of para-hydroxylation sites is 1. The van der Waals surface area contributed by atoms with Crippen LogP contribution in [-0.4, -0.2) is 30.9 Å². The van der Waals surface area contributed by atoms with Gasteiger partial charge in [0.15, 0.2) is 0 Å². The Labute approximate surface area is 211 Å². The van der Waals surface area contributed by atoms with E-state index in [1.165, 1.54) is 22.2 Å². The lowest BCUT2D eigenvalue weighted by Crippen LogP contribution is -3.13. The van der Waals surface area contributed by atoms with Crippen LogP contribution >= 0.6 is 11.8 Å². The van der Waals surface area contributed by atoms with Gasteiger partial charge in [-0.15, -0.1) is 0 Å². The van der Waals surface area contributed by atoms with E-state index in [1.54, 1.807) is 0 Å². The van der Waals surface area contributed by atoms with Crippen LogP contribution in [0.4, 0.5) is 5.69 Å². The minimum Gasteiger partial charge on any atom is -0.352 e. The number of hydrogen-bond donors (Lipinski definition) is 3. The van der Waals surface area contributed by atoms with Crippen LogP contribution in [0.25, 0.3) is 6.08 Å². The number of rotatable bonds is 9. The van der Waals surface area contributed by atoms with Gasteiger partial charge in [0.25, 0.3) is 11.8 Å². The van der Waals surface area contributed by atoms with Crippen molar-refractivity contribution in [3.8, 4) is 0 Å². The Kier molecular flexibility index (Phi) is 8.40. The Morgan fingerprint density at radius 3 is 2.46 bits per heavy atom. The summed E-state index contributed by atoms with van der Waals surface area (Å²) in [7, 11) is 0. The van der Waals surface area contributed by atoms with Crippen molar-refractivity contribution in [1.82, 2.24) is 5.32 Å². The van der Waals surface area contributed by atoms with Gasteiger partial charge in [-0.3, -0.25) is 9.59 Å². The molecule has 0 aliphatic carbocycles. The predicted octanol–water partition coefficient (Wildman–Crippen LogP) is 4.39. The molecule has 0 fully saturated rings. The van der Waals surface area contributed by atoms with Gasteiger partial charge in [-0.2, -0.15) is 0 Å². The maximum absolute atomic E-state index is 12.6. The molecule has 1 unspecified atom stereocenters. The van der Waals surface area contributed by atoms with Gasteiger partial charge in [-0.25, -0.2) is 0 Å². The Morgan fingerprint density at radius 1 is 1.00 bits per heavy atom. The zero-order valence-electron chi connectivity index (χ0n) is 20.2. The van der Waals surface area contributed by atoms with Gasteiger partial charge in [-0.05, 0) is 49.8 Å². The Morgan fingerprint density at radius 2 is 1.71 bits per heavy atom. The fraction of sp³-hybridized carbons (Fsp3) is 0.241. The van der Waals surface area contributed by atoms with Crippen molar-refractivity contribution in [3.05, 3.63) is 100 Å². The number of hydrogen-bond acceptors (Lipinski definition) is 3. The van der Waals surface area contributed by atoms with E-state index in [0.717, 1.165) is 35.7 Å². The zero-order chi connectivity index (χ0) is 24.6. The Balaban J connectivity index is 1.27. The summed E-state index contributed by atoms with van der Waals surface area (Å²) in [5, 5.41) is 5.96. The number of carbonyl (C=O) groups excluding carboxylic acids is 2. The van der Waals surface area contributed by atoms with Gasteiger partial charge in [0, 0.05) is 29.0 Å². The van der Waals surface area contributed by atoms with Gasteiger partial charge in [-0.1, -0.05) is 66.4 Å². The third-order valence-electron chi connectivity index (χ3n) is 6.10. The molecule has 0 radical (unpaired) electrons. The minimum atomic E-state index is -0.111. The Bertz CT molecular complexity index is 1190. The molecule has 4 rings (SSSR count). The quantitative estimate of drug-likeness (QED) is 0.311.